The van der Waals surface area contributed by atoms with Crippen LogP contribution >= 0.6 is 11.6 Å². The average molecular weight is 270 g/mol. The van der Waals surface area contributed by atoms with E-state index in [1.165, 1.54) is 31.7 Å². The maximum atomic E-state index is 13.9. The summed E-state index contributed by atoms with van der Waals surface area (Å²) in [6, 6.07) is 4.91. The van der Waals surface area contributed by atoms with Gasteiger partial charge in [0.2, 0.25) is 0 Å². The maximum Gasteiger partial charge on any atom is 0.128 e. The molecule has 1 fully saturated rings. The lowest BCUT2D eigenvalue weighted by Crippen LogP contribution is -2.29. The topological polar surface area (TPSA) is 12.0 Å². The van der Waals surface area contributed by atoms with E-state index in [2.05, 4.69) is 12.2 Å². The molecule has 1 N–H and O–H groups in total. The van der Waals surface area contributed by atoms with E-state index in [1.54, 1.807) is 12.1 Å². The summed E-state index contributed by atoms with van der Waals surface area (Å²) >= 11 is 5.99. The Labute approximate surface area is 114 Å². The first-order chi connectivity index (χ1) is 8.61. The van der Waals surface area contributed by atoms with E-state index in [-0.39, 0.29) is 11.9 Å². The normalized spacial score (nSPS) is 26.0. The molecule has 1 nitrogen and oxygen atoms in total. The Morgan fingerprint density at radius 3 is 2.56 bits per heavy atom. The van der Waals surface area contributed by atoms with E-state index < -0.39 is 0 Å². The Hall–Kier alpha value is -0.600. The zero-order valence-electron chi connectivity index (χ0n) is 11.0. The van der Waals surface area contributed by atoms with Crippen LogP contribution in [0.15, 0.2) is 18.2 Å². The highest BCUT2D eigenvalue weighted by Gasteiger charge is 2.27. The molecular formula is C15H21ClFN. The van der Waals surface area contributed by atoms with E-state index >= 15 is 0 Å². The van der Waals surface area contributed by atoms with Gasteiger partial charge < -0.3 is 5.32 Å². The fraction of sp³-hybridized carbons (Fsp3) is 0.600. The predicted molar refractivity (Wildman–Crippen MR) is 74.3 cm³/mol. The summed E-state index contributed by atoms with van der Waals surface area (Å²) in [5, 5.41) is 3.88. The third-order valence-corrected chi connectivity index (χ3v) is 4.37. The van der Waals surface area contributed by atoms with Crippen LogP contribution in [0.25, 0.3) is 0 Å². The number of rotatable bonds is 3. The van der Waals surface area contributed by atoms with Crippen LogP contribution in [0.4, 0.5) is 4.39 Å². The zero-order chi connectivity index (χ0) is 13.1. The number of hydrogen-bond acceptors (Lipinski definition) is 1. The molecule has 1 aliphatic rings. The van der Waals surface area contributed by atoms with E-state index in [1.807, 2.05) is 7.05 Å². The SMILES string of the molecule is CNC(c1cc(Cl)ccc1F)C1CCC(C)CC1. The highest BCUT2D eigenvalue weighted by molar-refractivity contribution is 6.30. The van der Waals surface area contributed by atoms with Crippen LogP contribution in [0.5, 0.6) is 0 Å². The molecule has 1 aromatic carbocycles. The minimum absolute atomic E-state index is 0.0798. The molecule has 1 aliphatic carbocycles. The zero-order valence-corrected chi connectivity index (χ0v) is 11.8. The highest BCUT2D eigenvalue weighted by Crippen LogP contribution is 2.37. The predicted octanol–water partition coefficient (Wildman–Crippen LogP) is 4.57. The van der Waals surface area contributed by atoms with Crippen molar-refractivity contribution in [3.8, 4) is 0 Å². The third-order valence-electron chi connectivity index (χ3n) is 4.14. The second-order valence-corrected chi connectivity index (χ2v) is 5.89. The van der Waals surface area contributed by atoms with Crippen molar-refractivity contribution in [2.45, 2.75) is 38.6 Å². The Morgan fingerprint density at radius 1 is 1.28 bits per heavy atom. The molecule has 0 heterocycles. The first kappa shape index (κ1) is 13.8. The van der Waals surface area contributed by atoms with Crippen molar-refractivity contribution in [1.82, 2.24) is 5.32 Å². The van der Waals surface area contributed by atoms with Crippen molar-refractivity contribution in [2.24, 2.45) is 11.8 Å². The lowest BCUT2D eigenvalue weighted by Gasteiger charge is -2.33. The van der Waals surface area contributed by atoms with Gasteiger partial charge in [0.25, 0.3) is 0 Å². The van der Waals surface area contributed by atoms with Gasteiger partial charge in [-0.05, 0) is 49.9 Å². The molecule has 3 heteroatoms. The van der Waals surface area contributed by atoms with Gasteiger partial charge in [0.15, 0.2) is 0 Å². The first-order valence-electron chi connectivity index (χ1n) is 6.74. The van der Waals surface area contributed by atoms with E-state index in [0.717, 1.165) is 5.92 Å². The monoisotopic (exact) mass is 269 g/mol. The molecule has 1 saturated carbocycles. The van der Waals surface area contributed by atoms with Crippen LogP contribution in [0.1, 0.15) is 44.2 Å². The van der Waals surface area contributed by atoms with Gasteiger partial charge in [-0.1, -0.05) is 31.4 Å². The molecule has 1 aromatic rings. The van der Waals surface area contributed by atoms with Gasteiger partial charge in [-0.2, -0.15) is 0 Å². The molecule has 1 unspecified atom stereocenters. The second kappa shape index (κ2) is 6.03. The molecular weight excluding hydrogens is 249 g/mol. The van der Waals surface area contributed by atoms with Crippen molar-refractivity contribution in [3.63, 3.8) is 0 Å². The second-order valence-electron chi connectivity index (χ2n) is 5.45. The molecule has 0 bridgehead atoms. The van der Waals surface area contributed by atoms with Gasteiger partial charge >= 0.3 is 0 Å². The number of benzene rings is 1. The lowest BCUT2D eigenvalue weighted by molar-refractivity contribution is 0.235. The molecule has 100 valence electrons. The summed E-state index contributed by atoms with van der Waals surface area (Å²) in [5.41, 5.74) is 0.713. The van der Waals surface area contributed by atoms with Gasteiger partial charge in [0.1, 0.15) is 5.82 Å². The van der Waals surface area contributed by atoms with Crippen molar-refractivity contribution in [3.05, 3.63) is 34.6 Å². The van der Waals surface area contributed by atoms with Gasteiger partial charge in [0.05, 0.1) is 0 Å². The van der Waals surface area contributed by atoms with Crippen molar-refractivity contribution in [2.75, 3.05) is 7.05 Å². The fourth-order valence-electron chi connectivity index (χ4n) is 3.02. The van der Waals surface area contributed by atoms with Crippen LogP contribution in [0.3, 0.4) is 0 Å². The Kier molecular flexibility index (Phi) is 4.63. The lowest BCUT2D eigenvalue weighted by atomic mass is 9.77. The van der Waals surface area contributed by atoms with Crippen molar-refractivity contribution in [1.29, 1.82) is 0 Å². The van der Waals surface area contributed by atoms with Crippen LogP contribution in [-0.2, 0) is 0 Å². The van der Waals surface area contributed by atoms with Crippen molar-refractivity contribution >= 4 is 11.6 Å². The number of hydrogen-bond donors (Lipinski definition) is 1. The Bertz CT molecular complexity index is 399. The molecule has 0 aromatic heterocycles. The van der Waals surface area contributed by atoms with E-state index in [0.29, 0.717) is 16.5 Å². The van der Waals surface area contributed by atoms with Crippen LogP contribution in [-0.4, -0.2) is 7.05 Å². The number of nitrogens with one attached hydrogen (secondary N) is 1. The molecule has 0 radical (unpaired) electrons. The van der Waals surface area contributed by atoms with Crippen LogP contribution in [0, 0.1) is 17.7 Å². The minimum Gasteiger partial charge on any atom is -0.313 e. The minimum atomic E-state index is -0.155. The summed E-state index contributed by atoms with van der Waals surface area (Å²) < 4.78 is 13.9. The summed E-state index contributed by atoms with van der Waals surface area (Å²) in [6.07, 6.45) is 4.81. The number of halogens is 2. The van der Waals surface area contributed by atoms with Crippen LogP contribution < -0.4 is 5.32 Å². The molecule has 2 rings (SSSR count). The molecule has 0 amide bonds. The largest absolute Gasteiger partial charge is 0.313 e. The van der Waals surface area contributed by atoms with Crippen LogP contribution in [0.2, 0.25) is 5.02 Å². The van der Waals surface area contributed by atoms with Gasteiger partial charge in [-0.3, -0.25) is 0 Å². The Morgan fingerprint density at radius 2 is 1.94 bits per heavy atom. The third kappa shape index (κ3) is 3.04. The molecule has 1 atom stereocenters. The summed E-state index contributed by atoms with van der Waals surface area (Å²) in [7, 11) is 1.91. The Balaban J connectivity index is 2.19. The summed E-state index contributed by atoms with van der Waals surface area (Å²) in [6.45, 7) is 2.30. The molecule has 18 heavy (non-hydrogen) atoms. The average Bonchev–Trinajstić information content (AvgIpc) is 2.37. The summed E-state index contributed by atoms with van der Waals surface area (Å²) in [4.78, 5) is 0. The standard InChI is InChI=1S/C15H21ClFN/c1-10-3-5-11(6-4-10)15(18-2)13-9-12(16)7-8-14(13)17/h7-11,15,18H,3-6H2,1-2H3. The van der Waals surface area contributed by atoms with Gasteiger partial charge in [0, 0.05) is 16.6 Å². The molecule has 0 saturated heterocycles. The highest BCUT2D eigenvalue weighted by atomic mass is 35.5. The van der Waals surface area contributed by atoms with Gasteiger partial charge in [-0.15, -0.1) is 0 Å². The molecule has 0 aliphatic heterocycles. The maximum absolute atomic E-state index is 13.9. The quantitative estimate of drug-likeness (QED) is 0.848. The van der Waals surface area contributed by atoms with Gasteiger partial charge in [-0.25, -0.2) is 4.39 Å². The fourth-order valence-corrected chi connectivity index (χ4v) is 3.20. The first-order valence-corrected chi connectivity index (χ1v) is 7.11. The van der Waals surface area contributed by atoms with Crippen molar-refractivity contribution < 1.29 is 4.39 Å². The molecule has 0 spiro atoms. The van der Waals surface area contributed by atoms with E-state index in [9.17, 15) is 4.39 Å². The van der Waals surface area contributed by atoms with E-state index in [4.69, 9.17) is 11.6 Å². The smallest absolute Gasteiger partial charge is 0.128 e. The summed E-state index contributed by atoms with van der Waals surface area (Å²) in [5.74, 6) is 1.17.